The lowest BCUT2D eigenvalue weighted by atomic mass is 10.2. The Morgan fingerprint density at radius 2 is 1.83 bits per heavy atom. The molecule has 8 heteroatoms. The number of carbonyl (C=O) groups is 1. The number of hydrogen-bond acceptors (Lipinski definition) is 5. The van der Waals surface area contributed by atoms with Crippen LogP contribution in [0.1, 0.15) is 22.6 Å². The summed E-state index contributed by atoms with van der Waals surface area (Å²) in [6.07, 6.45) is 0. The van der Waals surface area contributed by atoms with Gasteiger partial charge in [0.15, 0.2) is 12.3 Å². The summed E-state index contributed by atoms with van der Waals surface area (Å²) in [5.41, 5.74) is 6.02. The van der Waals surface area contributed by atoms with Crippen molar-refractivity contribution in [3.63, 3.8) is 0 Å². The molecule has 0 saturated carbocycles. The molecule has 1 aromatic carbocycles. The van der Waals surface area contributed by atoms with Crippen molar-refractivity contribution in [2.24, 2.45) is 7.05 Å². The van der Waals surface area contributed by atoms with E-state index in [1.54, 1.807) is 4.68 Å². The Morgan fingerprint density at radius 3 is 2.57 bits per heavy atom. The number of hydrogen-bond donors (Lipinski definition) is 1. The van der Waals surface area contributed by atoms with Crippen molar-refractivity contribution in [1.82, 2.24) is 24.5 Å². The molecule has 8 nitrogen and oxygen atoms in total. The number of carbonyl (C=O) groups excluding carboxylic acids is 1. The van der Waals surface area contributed by atoms with Crippen LogP contribution in [0, 0.1) is 27.7 Å². The van der Waals surface area contributed by atoms with Gasteiger partial charge in [0.1, 0.15) is 0 Å². The van der Waals surface area contributed by atoms with Gasteiger partial charge in [0, 0.05) is 18.4 Å². The van der Waals surface area contributed by atoms with Crippen molar-refractivity contribution in [3.8, 4) is 11.6 Å². The number of fused-ring (bicyclic) bond motifs is 1. The third-order valence-electron chi connectivity index (χ3n) is 4.84. The first kappa shape index (κ1) is 19.6. The maximum Gasteiger partial charge on any atom is 0.262 e. The molecule has 0 aliphatic rings. The second-order valence-corrected chi connectivity index (χ2v) is 7.40. The van der Waals surface area contributed by atoms with Crippen LogP contribution in [0.2, 0.25) is 0 Å². The number of pyridine rings is 1. The quantitative estimate of drug-likeness (QED) is 0.551. The van der Waals surface area contributed by atoms with Crippen LogP contribution in [-0.2, 0) is 11.8 Å². The lowest BCUT2D eigenvalue weighted by Gasteiger charge is -2.12. The highest BCUT2D eigenvalue weighted by Crippen LogP contribution is 2.27. The van der Waals surface area contributed by atoms with E-state index >= 15 is 0 Å². The van der Waals surface area contributed by atoms with Crippen molar-refractivity contribution < 1.29 is 9.53 Å². The number of aromatic nitrogens is 5. The first-order chi connectivity index (χ1) is 14.3. The first-order valence-corrected chi connectivity index (χ1v) is 9.69. The molecule has 3 aromatic heterocycles. The van der Waals surface area contributed by atoms with E-state index in [1.165, 1.54) is 0 Å². The summed E-state index contributed by atoms with van der Waals surface area (Å²) in [5, 5.41) is 12.6. The van der Waals surface area contributed by atoms with Gasteiger partial charge < -0.3 is 10.1 Å². The third-order valence-corrected chi connectivity index (χ3v) is 4.84. The van der Waals surface area contributed by atoms with Crippen molar-refractivity contribution in [3.05, 3.63) is 59.0 Å². The summed E-state index contributed by atoms with van der Waals surface area (Å²) in [7, 11) is 1.81. The molecule has 3 heterocycles. The van der Waals surface area contributed by atoms with Gasteiger partial charge >= 0.3 is 0 Å². The van der Waals surface area contributed by atoms with Crippen molar-refractivity contribution in [2.45, 2.75) is 27.7 Å². The fourth-order valence-electron chi connectivity index (χ4n) is 3.61. The highest BCUT2D eigenvalue weighted by molar-refractivity contribution is 5.94. The van der Waals surface area contributed by atoms with Crippen LogP contribution in [-0.4, -0.2) is 37.1 Å². The summed E-state index contributed by atoms with van der Waals surface area (Å²) in [6.45, 7) is 7.68. The van der Waals surface area contributed by atoms with Crippen LogP contribution >= 0.6 is 0 Å². The molecular formula is C22H24N6O2. The molecule has 30 heavy (non-hydrogen) atoms. The van der Waals surface area contributed by atoms with Crippen LogP contribution < -0.4 is 10.1 Å². The first-order valence-electron chi connectivity index (χ1n) is 9.69. The van der Waals surface area contributed by atoms with E-state index in [0.29, 0.717) is 11.6 Å². The predicted molar refractivity (Wildman–Crippen MR) is 115 cm³/mol. The average Bonchev–Trinajstić information content (AvgIpc) is 3.19. The average molecular weight is 404 g/mol. The van der Waals surface area contributed by atoms with Gasteiger partial charge in [0.05, 0.1) is 22.5 Å². The monoisotopic (exact) mass is 404 g/mol. The van der Waals surface area contributed by atoms with Crippen molar-refractivity contribution in [2.75, 3.05) is 11.9 Å². The molecule has 0 spiro atoms. The number of aryl methyl sites for hydroxylation is 5. The highest BCUT2D eigenvalue weighted by Gasteiger charge is 2.16. The fourth-order valence-corrected chi connectivity index (χ4v) is 3.61. The Morgan fingerprint density at radius 1 is 1.07 bits per heavy atom. The summed E-state index contributed by atoms with van der Waals surface area (Å²) in [6, 6.07) is 11.5. The van der Waals surface area contributed by atoms with Gasteiger partial charge in [0.25, 0.3) is 5.91 Å². The molecule has 0 radical (unpaired) electrons. The van der Waals surface area contributed by atoms with E-state index in [-0.39, 0.29) is 12.5 Å². The Labute approximate surface area is 174 Å². The summed E-state index contributed by atoms with van der Waals surface area (Å²) < 4.78 is 9.24. The lowest BCUT2D eigenvalue weighted by molar-refractivity contribution is -0.118. The summed E-state index contributed by atoms with van der Waals surface area (Å²) in [4.78, 5) is 17.1. The molecule has 0 bridgehead atoms. The SMILES string of the molecule is Cc1cc(C)c2c(OCC(=O)Nc3ccccc3-n3nc(C)cc3C)nn(C)c2n1. The molecule has 0 fully saturated rings. The van der Waals surface area contributed by atoms with Crippen molar-refractivity contribution in [1.29, 1.82) is 0 Å². The Kier molecular flexibility index (Phi) is 4.99. The number of nitrogens with one attached hydrogen (secondary N) is 1. The Bertz CT molecular complexity index is 1250. The standard InChI is InChI=1S/C22H24N6O2/c1-13-10-14(2)23-21-20(13)22(26-27(21)5)30-12-19(29)24-17-8-6-7-9-18(17)28-16(4)11-15(3)25-28/h6-11H,12H2,1-5H3,(H,24,29). The van der Waals surface area contributed by atoms with Gasteiger partial charge in [-0.25, -0.2) is 14.3 Å². The normalized spacial score (nSPS) is 11.1. The zero-order valence-electron chi connectivity index (χ0n) is 17.7. The minimum atomic E-state index is -0.277. The maximum atomic E-state index is 12.6. The van der Waals surface area contributed by atoms with E-state index in [9.17, 15) is 4.79 Å². The molecule has 0 atom stereocenters. The van der Waals surface area contributed by atoms with E-state index in [4.69, 9.17) is 4.74 Å². The van der Waals surface area contributed by atoms with E-state index < -0.39 is 0 Å². The number of nitrogens with zero attached hydrogens (tertiary/aromatic N) is 5. The number of rotatable bonds is 5. The van der Waals surface area contributed by atoms with E-state index in [1.807, 2.05) is 75.8 Å². The van der Waals surface area contributed by atoms with Crippen LogP contribution in [0.15, 0.2) is 36.4 Å². The molecule has 0 aliphatic carbocycles. The lowest BCUT2D eigenvalue weighted by Crippen LogP contribution is -2.21. The molecule has 0 saturated heterocycles. The summed E-state index contributed by atoms with van der Waals surface area (Å²) in [5.74, 6) is 0.125. The molecule has 4 rings (SSSR count). The zero-order chi connectivity index (χ0) is 21.4. The van der Waals surface area contributed by atoms with Gasteiger partial charge in [-0.2, -0.15) is 5.10 Å². The minimum Gasteiger partial charge on any atom is -0.466 e. The zero-order valence-corrected chi connectivity index (χ0v) is 17.7. The van der Waals surface area contributed by atoms with Crippen LogP contribution in [0.3, 0.4) is 0 Å². The molecule has 0 aliphatic heterocycles. The van der Waals surface area contributed by atoms with E-state index in [2.05, 4.69) is 20.5 Å². The smallest absolute Gasteiger partial charge is 0.262 e. The molecular weight excluding hydrogens is 380 g/mol. The Balaban J connectivity index is 1.54. The molecule has 1 N–H and O–H groups in total. The second-order valence-electron chi connectivity index (χ2n) is 7.40. The van der Waals surface area contributed by atoms with Gasteiger partial charge in [-0.3, -0.25) is 4.79 Å². The molecule has 4 aromatic rings. The van der Waals surface area contributed by atoms with Gasteiger partial charge in [-0.05, 0) is 57.5 Å². The Hall–Kier alpha value is -3.68. The minimum absolute atomic E-state index is 0.162. The van der Waals surface area contributed by atoms with Gasteiger partial charge in [0.2, 0.25) is 5.88 Å². The number of para-hydroxylation sites is 2. The van der Waals surface area contributed by atoms with Crippen LogP contribution in [0.4, 0.5) is 5.69 Å². The van der Waals surface area contributed by atoms with Gasteiger partial charge in [-0.1, -0.05) is 12.1 Å². The van der Waals surface area contributed by atoms with Gasteiger partial charge in [-0.15, -0.1) is 5.10 Å². The number of amides is 1. The van der Waals surface area contributed by atoms with Crippen LogP contribution in [0.25, 0.3) is 16.7 Å². The molecule has 0 unspecified atom stereocenters. The second kappa shape index (κ2) is 7.62. The number of ether oxygens (including phenoxy) is 1. The largest absolute Gasteiger partial charge is 0.466 e. The van der Waals surface area contributed by atoms with Crippen molar-refractivity contribution >= 4 is 22.6 Å². The van der Waals surface area contributed by atoms with E-state index in [0.717, 1.165) is 39.4 Å². The van der Waals surface area contributed by atoms with Crippen LogP contribution in [0.5, 0.6) is 5.88 Å². The summed E-state index contributed by atoms with van der Waals surface area (Å²) >= 11 is 0. The molecule has 154 valence electrons. The number of anilines is 1. The third kappa shape index (κ3) is 3.63. The fraction of sp³-hybridized carbons (Fsp3) is 0.273. The highest BCUT2D eigenvalue weighted by atomic mass is 16.5. The maximum absolute atomic E-state index is 12.6. The topological polar surface area (TPSA) is 86.9 Å². The number of benzene rings is 1. The molecule has 1 amide bonds. The predicted octanol–water partition coefficient (Wildman–Crippen LogP) is 3.41.